The van der Waals surface area contributed by atoms with E-state index >= 15 is 0 Å². The zero-order valence-electron chi connectivity index (χ0n) is 13.8. The van der Waals surface area contributed by atoms with Crippen LogP contribution in [0.15, 0.2) is 47.5 Å². The summed E-state index contributed by atoms with van der Waals surface area (Å²) >= 11 is 0. The number of halogens is 1. The van der Waals surface area contributed by atoms with E-state index in [1.54, 1.807) is 7.05 Å². The Morgan fingerprint density at radius 1 is 1.09 bits per heavy atom. The highest BCUT2D eigenvalue weighted by Crippen LogP contribution is 2.15. The van der Waals surface area contributed by atoms with Gasteiger partial charge in [0.15, 0.2) is 5.96 Å². The van der Waals surface area contributed by atoms with Crippen LogP contribution in [0, 0.1) is 0 Å². The normalized spacial score (nSPS) is 11.1. The highest BCUT2D eigenvalue weighted by Gasteiger charge is 1.99. The van der Waals surface area contributed by atoms with E-state index in [-0.39, 0.29) is 24.0 Å². The van der Waals surface area contributed by atoms with Gasteiger partial charge < -0.3 is 15.4 Å². The standard InChI is InChI=1S/C18H25N3O.HI/c1-3-22-12-6-11-20-18(19-2)21-14-15-9-10-16-7-4-5-8-17(16)13-15;/h4-5,7-10,13H,3,6,11-12,14H2,1-2H3,(H2,19,20,21);1H. The molecule has 0 bridgehead atoms. The fraction of sp³-hybridized carbons (Fsp3) is 0.389. The van der Waals surface area contributed by atoms with E-state index in [1.165, 1.54) is 16.3 Å². The van der Waals surface area contributed by atoms with Gasteiger partial charge in [0.1, 0.15) is 0 Å². The molecule has 0 aliphatic rings. The number of ether oxygens (including phenoxy) is 1. The number of nitrogens with one attached hydrogen (secondary N) is 2. The van der Waals surface area contributed by atoms with Crippen LogP contribution in [0.1, 0.15) is 18.9 Å². The second-order valence-electron chi connectivity index (χ2n) is 5.08. The van der Waals surface area contributed by atoms with Gasteiger partial charge in [-0.15, -0.1) is 24.0 Å². The molecule has 0 aliphatic carbocycles. The van der Waals surface area contributed by atoms with Crippen molar-refractivity contribution in [3.63, 3.8) is 0 Å². The first-order valence-corrected chi connectivity index (χ1v) is 7.83. The largest absolute Gasteiger partial charge is 0.382 e. The molecule has 2 rings (SSSR count). The predicted octanol–water partition coefficient (Wildman–Crippen LogP) is 3.55. The molecular weight excluding hydrogens is 401 g/mol. The van der Waals surface area contributed by atoms with E-state index in [2.05, 4.69) is 58.1 Å². The summed E-state index contributed by atoms with van der Waals surface area (Å²) < 4.78 is 5.32. The molecule has 0 heterocycles. The molecule has 0 fully saturated rings. The summed E-state index contributed by atoms with van der Waals surface area (Å²) in [5.74, 6) is 0.824. The lowest BCUT2D eigenvalue weighted by molar-refractivity contribution is 0.145. The molecule has 0 saturated heterocycles. The molecule has 2 aromatic carbocycles. The summed E-state index contributed by atoms with van der Waals surface area (Å²) in [5.41, 5.74) is 1.25. The molecule has 0 radical (unpaired) electrons. The lowest BCUT2D eigenvalue weighted by atomic mass is 10.1. The highest BCUT2D eigenvalue weighted by molar-refractivity contribution is 14.0. The molecule has 126 valence electrons. The van der Waals surface area contributed by atoms with E-state index in [0.717, 1.165) is 38.7 Å². The van der Waals surface area contributed by atoms with Crippen molar-refractivity contribution in [1.29, 1.82) is 0 Å². The van der Waals surface area contributed by atoms with Crippen LogP contribution < -0.4 is 10.6 Å². The summed E-state index contributed by atoms with van der Waals surface area (Å²) in [5, 5.41) is 9.17. The Morgan fingerprint density at radius 2 is 1.87 bits per heavy atom. The third kappa shape index (κ3) is 6.74. The number of benzene rings is 2. The minimum atomic E-state index is 0. The molecule has 0 saturated carbocycles. The number of aliphatic imine (C=N–C) groups is 1. The Bertz CT molecular complexity index is 616. The number of hydrogen-bond donors (Lipinski definition) is 2. The van der Waals surface area contributed by atoms with Crippen molar-refractivity contribution in [3.05, 3.63) is 48.0 Å². The number of fused-ring (bicyclic) bond motifs is 1. The molecular formula is C18H26IN3O. The topological polar surface area (TPSA) is 45.6 Å². The SMILES string of the molecule is CCOCCCNC(=NC)NCc1ccc2ccccc2c1.I. The molecule has 0 spiro atoms. The zero-order valence-corrected chi connectivity index (χ0v) is 16.2. The van der Waals surface area contributed by atoms with Crippen molar-refractivity contribution in [2.24, 2.45) is 4.99 Å². The average molecular weight is 427 g/mol. The van der Waals surface area contributed by atoms with Crippen LogP contribution in [0.2, 0.25) is 0 Å². The Morgan fingerprint density at radius 3 is 2.61 bits per heavy atom. The van der Waals surface area contributed by atoms with E-state index in [1.807, 2.05) is 6.92 Å². The Labute approximate surface area is 155 Å². The summed E-state index contributed by atoms with van der Waals surface area (Å²) in [6.07, 6.45) is 0.977. The second kappa shape index (κ2) is 11.2. The number of rotatable bonds is 7. The van der Waals surface area contributed by atoms with Gasteiger partial charge in [0, 0.05) is 33.4 Å². The van der Waals surface area contributed by atoms with Gasteiger partial charge in [0.2, 0.25) is 0 Å². The summed E-state index contributed by atoms with van der Waals surface area (Å²) in [6, 6.07) is 14.9. The Hall–Kier alpha value is -1.34. The van der Waals surface area contributed by atoms with E-state index in [9.17, 15) is 0 Å². The molecule has 2 N–H and O–H groups in total. The molecule has 0 atom stereocenters. The molecule has 5 heteroatoms. The maximum Gasteiger partial charge on any atom is 0.191 e. The van der Waals surface area contributed by atoms with Crippen molar-refractivity contribution >= 4 is 40.7 Å². The fourth-order valence-corrected chi connectivity index (χ4v) is 2.28. The van der Waals surface area contributed by atoms with E-state index in [0.29, 0.717) is 0 Å². The smallest absolute Gasteiger partial charge is 0.191 e. The van der Waals surface area contributed by atoms with Crippen LogP contribution >= 0.6 is 24.0 Å². The van der Waals surface area contributed by atoms with Crippen molar-refractivity contribution in [1.82, 2.24) is 10.6 Å². The van der Waals surface area contributed by atoms with Crippen LogP contribution in [-0.4, -0.2) is 32.8 Å². The van der Waals surface area contributed by atoms with Crippen molar-refractivity contribution < 1.29 is 4.74 Å². The average Bonchev–Trinajstić information content (AvgIpc) is 2.57. The van der Waals surface area contributed by atoms with Crippen molar-refractivity contribution in [2.45, 2.75) is 19.9 Å². The van der Waals surface area contributed by atoms with E-state index < -0.39 is 0 Å². The maximum atomic E-state index is 5.32. The molecule has 0 aromatic heterocycles. The summed E-state index contributed by atoms with van der Waals surface area (Å²) in [6.45, 7) is 5.19. The van der Waals surface area contributed by atoms with Crippen LogP contribution in [0.25, 0.3) is 10.8 Å². The quantitative estimate of drug-likeness (QED) is 0.308. The number of nitrogens with zero attached hydrogens (tertiary/aromatic N) is 1. The zero-order chi connectivity index (χ0) is 15.6. The molecule has 2 aromatic rings. The minimum Gasteiger partial charge on any atom is -0.382 e. The monoisotopic (exact) mass is 427 g/mol. The number of hydrogen-bond acceptors (Lipinski definition) is 2. The molecule has 0 unspecified atom stereocenters. The van der Waals surface area contributed by atoms with E-state index in [4.69, 9.17) is 4.74 Å². The van der Waals surface area contributed by atoms with Gasteiger partial charge >= 0.3 is 0 Å². The third-order valence-electron chi connectivity index (χ3n) is 3.46. The highest BCUT2D eigenvalue weighted by atomic mass is 127. The van der Waals surface area contributed by atoms with Gasteiger partial charge in [-0.05, 0) is 35.7 Å². The van der Waals surface area contributed by atoms with Crippen LogP contribution in [0.5, 0.6) is 0 Å². The lowest BCUT2D eigenvalue weighted by Gasteiger charge is -2.12. The van der Waals surface area contributed by atoms with Crippen molar-refractivity contribution in [2.75, 3.05) is 26.8 Å². The van der Waals surface area contributed by atoms with Gasteiger partial charge in [0.25, 0.3) is 0 Å². The maximum absolute atomic E-state index is 5.32. The Kier molecular flexibility index (Phi) is 9.63. The van der Waals surface area contributed by atoms with Crippen molar-refractivity contribution in [3.8, 4) is 0 Å². The molecule has 4 nitrogen and oxygen atoms in total. The molecule has 0 amide bonds. The first kappa shape index (κ1) is 19.7. The van der Waals surface area contributed by atoms with Gasteiger partial charge in [-0.2, -0.15) is 0 Å². The van der Waals surface area contributed by atoms with Gasteiger partial charge in [-0.3, -0.25) is 4.99 Å². The first-order valence-electron chi connectivity index (χ1n) is 7.83. The summed E-state index contributed by atoms with van der Waals surface area (Å²) in [4.78, 5) is 4.24. The minimum absolute atomic E-state index is 0. The van der Waals surface area contributed by atoms with Crippen LogP contribution in [0.3, 0.4) is 0 Å². The lowest BCUT2D eigenvalue weighted by Crippen LogP contribution is -2.37. The van der Waals surface area contributed by atoms with Gasteiger partial charge in [-0.25, -0.2) is 0 Å². The fourth-order valence-electron chi connectivity index (χ4n) is 2.28. The van der Waals surface area contributed by atoms with Gasteiger partial charge in [-0.1, -0.05) is 36.4 Å². The third-order valence-corrected chi connectivity index (χ3v) is 3.46. The second-order valence-corrected chi connectivity index (χ2v) is 5.08. The first-order chi connectivity index (χ1) is 10.8. The number of guanidine groups is 1. The summed E-state index contributed by atoms with van der Waals surface area (Å²) in [7, 11) is 1.79. The Balaban J connectivity index is 0.00000264. The molecule has 23 heavy (non-hydrogen) atoms. The predicted molar refractivity (Wildman–Crippen MR) is 109 cm³/mol. The van der Waals surface area contributed by atoms with Gasteiger partial charge in [0.05, 0.1) is 0 Å². The van der Waals surface area contributed by atoms with Crippen LogP contribution in [-0.2, 0) is 11.3 Å². The van der Waals surface area contributed by atoms with Crippen LogP contribution in [0.4, 0.5) is 0 Å². The molecule has 0 aliphatic heterocycles.